The summed E-state index contributed by atoms with van der Waals surface area (Å²) in [6, 6.07) is 2.35. The smallest absolute Gasteiger partial charge is 0.319 e. The van der Waals surface area contributed by atoms with Crippen molar-refractivity contribution in [1.29, 1.82) is 0 Å². The Labute approximate surface area is 136 Å². The molecule has 3 rings (SSSR count). The van der Waals surface area contributed by atoms with Gasteiger partial charge in [-0.15, -0.1) is 0 Å². The Hall–Kier alpha value is -2.09. The van der Waals surface area contributed by atoms with Crippen LogP contribution in [0.25, 0.3) is 0 Å². The maximum absolute atomic E-state index is 12.0. The third-order valence-electron chi connectivity index (χ3n) is 4.60. The van der Waals surface area contributed by atoms with Crippen LogP contribution in [-0.4, -0.2) is 72.1 Å². The first kappa shape index (κ1) is 15.8. The molecule has 1 aromatic heterocycles. The second-order valence-electron chi connectivity index (χ2n) is 6.59. The molecule has 0 aromatic carbocycles. The average molecular weight is 319 g/mol. The number of carbonyl (C=O) groups excluding carboxylic acids is 1. The highest BCUT2D eigenvalue weighted by Crippen LogP contribution is 2.35. The number of urea groups is 1. The number of nitrogens with two attached hydrogens (primary N) is 2. The van der Waals surface area contributed by atoms with Gasteiger partial charge in [-0.3, -0.25) is 0 Å². The van der Waals surface area contributed by atoms with E-state index >= 15 is 0 Å². The molecule has 1 saturated heterocycles. The molecule has 1 aliphatic carbocycles. The summed E-state index contributed by atoms with van der Waals surface area (Å²) in [7, 11) is 3.55. The monoisotopic (exact) mass is 319 g/mol. The van der Waals surface area contributed by atoms with Crippen LogP contribution < -0.4 is 16.4 Å². The molecule has 2 aliphatic rings. The Morgan fingerprint density at radius 3 is 2.43 bits per heavy atom. The van der Waals surface area contributed by atoms with E-state index in [1.54, 1.807) is 19.0 Å². The van der Waals surface area contributed by atoms with Gasteiger partial charge >= 0.3 is 6.03 Å². The van der Waals surface area contributed by atoms with E-state index in [9.17, 15) is 4.79 Å². The zero-order chi connectivity index (χ0) is 16.6. The molecule has 2 heterocycles. The average Bonchev–Trinajstić information content (AvgIpc) is 2.50. The highest BCUT2D eigenvalue weighted by atomic mass is 16.2. The summed E-state index contributed by atoms with van der Waals surface area (Å²) in [6.45, 7) is 2.87. The molecule has 0 bridgehead atoms. The maximum Gasteiger partial charge on any atom is 0.319 e. The van der Waals surface area contributed by atoms with E-state index in [4.69, 9.17) is 11.5 Å². The lowest BCUT2D eigenvalue weighted by molar-refractivity contribution is 0.168. The number of carbonyl (C=O) groups is 1. The zero-order valence-corrected chi connectivity index (χ0v) is 13.8. The molecule has 1 aliphatic heterocycles. The van der Waals surface area contributed by atoms with Crippen molar-refractivity contribution < 1.29 is 4.79 Å². The van der Waals surface area contributed by atoms with E-state index < -0.39 is 0 Å². The van der Waals surface area contributed by atoms with Gasteiger partial charge in [0, 0.05) is 58.3 Å². The second kappa shape index (κ2) is 6.19. The van der Waals surface area contributed by atoms with Gasteiger partial charge in [-0.05, 0) is 12.8 Å². The van der Waals surface area contributed by atoms with Crippen molar-refractivity contribution in [3.63, 3.8) is 0 Å². The van der Waals surface area contributed by atoms with Gasteiger partial charge in [-0.1, -0.05) is 0 Å². The van der Waals surface area contributed by atoms with E-state index in [0.717, 1.165) is 37.4 Å². The predicted molar refractivity (Wildman–Crippen MR) is 89.3 cm³/mol. The van der Waals surface area contributed by atoms with Crippen molar-refractivity contribution in [3.05, 3.63) is 11.8 Å². The molecule has 4 N–H and O–H groups in total. The number of hydrogen-bond acceptors (Lipinski definition) is 6. The number of nitrogen functional groups attached to an aromatic ring is 1. The molecule has 0 spiro atoms. The lowest BCUT2D eigenvalue weighted by Gasteiger charge is -2.37. The number of nitrogens with zero attached hydrogens (tertiary/aromatic N) is 5. The Kier molecular flexibility index (Phi) is 4.25. The Morgan fingerprint density at radius 2 is 1.87 bits per heavy atom. The summed E-state index contributed by atoms with van der Waals surface area (Å²) < 4.78 is 0. The number of piperazine rings is 1. The van der Waals surface area contributed by atoms with Crippen LogP contribution in [0.4, 0.5) is 16.6 Å². The van der Waals surface area contributed by atoms with Gasteiger partial charge in [0.25, 0.3) is 0 Å². The highest BCUT2D eigenvalue weighted by molar-refractivity contribution is 5.74. The van der Waals surface area contributed by atoms with Crippen molar-refractivity contribution in [3.8, 4) is 0 Å². The molecule has 2 amide bonds. The van der Waals surface area contributed by atoms with E-state index in [1.165, 1.54) is 0 Å². The van der Waals surface area contributed by atoms with E-state index in [-0.39, 0.29) is 12.1 Å². The summed E-state index contributed by atoms with van der Waals surface area (Å²) in [5, 5.41) is 0. The van der Waals surface area contributed by atoms with Crippen LogP contribution in [0.15, 0.2) is 6.07 Å². The van der Waals surface area contributed by atoms with E-state index in [0.29, 0.717) is 25.0 Å². The molecular weight excluding hydrogens is 294 g/mol. The lowest BCUT2D eigenvalue weighted by Crippen LogP contribution is -2.51. The SMILES string of the molecule is CN(C)C(=O)N1CCN(c2cc(C3CC(N)C3)nc(N)n2)CC1. The molecular formula is C15H25N7O. The molecule has 1 saturated carbocycles. The number of hydrogen-bond donors (Lipinski definition) is 2. The third kappa shape index (κ3) is 3.31. The first-order valence-electron chi connectivity index (χ1n) is 8.05. The maximum atomic E-state index is 12.0. The van der Waals surface area contributed by atoms with Crippen molar-refractivity contribution in [2.75, 3.05) is 50.9 Å². The zero-order valence-electron chi connectivity index (χ0n) is 13.8. The fourth-order valence-corrected chi connectivity index (χ4v) is 3.16. The molecule has 126 valence electrons. The van der Waals surface area contributed by atoms with Crippen molar-refractivity contribution in [2.24, 2.45) is 5.73 Å². The fraction of sp³-hybridized carbons (Fsp3) is 0.667. The van der Waals surface area contributed by atoms with Gasteiger partial charge in [0.1, 0.15) is 5.82 Å². The molecule has 0 radical (unpaired) electrons. The van der Waals surface area contributed by atoms with Crippen molar-refractivity contribution >= 4 is 17.8 Å². The normalized spacial score (nSPS) is 24.3. The summed E-state index contributed by atoms with van der Waals surface area (Å²) in [5.41, 5.74) is 12.7. The largest absolute Gasteiger partial charge is 0.368 e. The first-order chi connectivity index (χ1) is 10.9. The summed E-state index contributed by atoms with van der Waals surface area (Å²) in [6.07, 6.45) is 1.92. The fourth-order valence-electron chi connectivity index (χ4n) is 3.16. The molecule has 1 aromatic rings. The minimum absolute atomic E-state index is 0.0518. The Morgan fingerprint density at radius 1 is 1.22 bits per heavy atom. The molecule has 0 atom stereocenters. The first-order valence-corrected chi connectivity index (χ1v) is 8.05. The molecule has 23 heavy (non-hydrogen) atoms. The standard InChI is InChI=1S/C15H25N7O/c1-20(2)15(23)22-5-3-21(4-6-22)13-9-12(18-14(17)19-13)10-7-11(16)8-10/h9-11H,3-8,16H2,1-2H3,(H2,17,18,19). The van der Waals surface area contributed by atoms with Gasteiger partial charge in [0.15, 0.2) is 0 Å². The van der Waals surface area contributed by atoms with Crippen molar-refractivity contribution in [2.45, 2.75) is 24.8 Å². The van der Waals surface area contributed by atoms with Crippen LogP contribution in [0.1, 0.15) is 24.5 Å². The van der Waals surface area contributed by atoms with Gasteiger partial charge in [0.05, 0.1) is 5.69 Å². The second-order valence-corrected chi connectivity index (χ2v) is 6.59. The van der Waals surface area contributed by atoms with Gasteiger partial charge < -0.3 is 26.2 Å². The minimum atomic E-state index is 0.0518. The lowest BCUT2D eigenvalue weighted by atomic mass is 9.78. The van der Waals surface area contributed by atoms with Crippen LogP contribution in [-0.2, 0) is 0 Å². The number of anilines is 2. The van der Waals surface area contributed by atoms with Crippen molar-refractivity contribution in [1.82, 2.24) is 19.8 Å². The predicted octanol–water partition coefficient (Wildman–Crippen LogP) is 0.0671. The minimum Gasteiger partial charge on any atom is -0.368 e. The molecule has 8 nitrogen and oxygen atoms in total. The molecule has 8 heteroatoms. The summed E-state index contributed by atoms with van der Waals surface area (Å²) in [5.74, 6) is 1.56. The third-order valence-corrected chi connectivity index (χ3v) is 4.60. The topological polar surface area (TPSA) is 105 Å². The van der Waals surface area contributed by atoms with E-state index in [2.05, 4.69) is 14.9 Å². The van der Waals surface area contributed by atoms with Gasteiger partial charge in [-0.25, -0.2) is 9.78 Å². The van der Waals surface area contributed by atoms with E-state index in [1.807, 2.05) is 11.0 Å². The van der Waals surface area contributed by atoms with Crippen LogP contribution in [0.2, 0.25) is 0 Å². The van der Waals surface area contributed by atoms with Crippen LogP contribution in [0.3, 0.4) is 0 Å². The molecule has 0 unspecified atom stereocenters. The van der Waals surface area contributed by atoms with Gasteiger partial charge in [0.2, 0.25) is 5.95 Å². The van der Waals surface area contributed by atoms with Crippen LogP contribution in [0.5, 0.6) is 0 Å². The number of aromatic nitrogens is 2. The summed E-state index contributed by atoms with van der Waals surface area (Å²) in [4.78, 5) is 26.4. The quantitative estimate of drug-likeness (QED) is 0.799. The summed E-state index contributed by atoms with van der Waals surface area (Å²) >= 11 is 0. The Bertz CT molecular complexity index is 577. The van der Waals surface area contributed by atoms with Crippen LogP contribution >= 0.6 is 0 Å². The number of amides is 2. The van der Waals surface area contributed by atoms with Gasteiger partial charge in [-0.2, -0.15) is 4.98 Å². The molecule has 2 fully saturated rings. The van der Waals surface area contributed by atoms with Crippen LogP contribution in [0, 0.1) is 0 Å². The Balaban J connectivity index is 1.67. The highest BCUT2D eigenvalue weighted by Gasteiger charge is 2.30. The number of rotatable bonds is 2.